The maximum atomic E-state index is 12.2. The molecule has 0 N–H and O–H groups in total. The van der Waals surface area contributed by atoms with Crippen molar-refractivity contribution in [3.63, 3.8) is 0 Å². The molecule has 0 unspecified atom stereocenters. The van der Waals surface area contributed by atoms with Crippen LogP contribution >= 0.6 is 0 Å². The zero-order chi connectivity index (χ0) is 15.2. The van der Waals surface area contributed by atoms with E-state index in [1.54, 1.807) is 24.0 Å². The quantitative estimate of drug-likeness (QED) is 0.782. The molecule has 1 amide bonds. The summed E-state index contributed by atoms with van der Waals surface area (Å²) < 4.78 is 6.19. The molecule has 0 saturated carbocycles. The molecule has 0 aliphatic carbocycles. The Labute approximate surface area is 122 Å². The van der Waals surface area contributed by atoms with Crippen molar-refractivity contribution in [2.45, 2.75) is 6.42 Å². The van der Waals surface area contributed by atoms with Gasteiger partial charge in [0.2, 0.25) is 0 Å². The van der Waals surface area contributed by atoms with Gasteiger partial charge in [-0.05, 0) is 18.2 Å². The fourth-order valence-corrected chi connectivity index (χ4v) is 1.82. The first-order valence-corrected chi connectivity index (χ1v) is 6.55. The number of ether oxygens (including phenoxy) is 1. The number of hydrogen-bond donors (Lipinski definition) is 0. The third kappa shape index (κ3) is 3.68. The highest BCUT2D eigenvalue weighted by Gasteiger charge is 2.16. The van der Waals surface area contributed by atoms with Crippen molar-refractivity contribution in [2.24, 2.45) is 0 Å². The van der Waals surface area contributed by atoms with Crippen molar-refractivity contribution in [3.8, 4) is 5.69 Å². The SMILES string of the molecule is COC(=O)CCN(C)C(=O)c1ccn(-c2ccccc2)n1. The zero-order valence-electron chi connectivity index (χ0n) is 12.0. The molecular weight excluding hydrogens is 270 g/mol. The number of carbonyl (C=O) groups excluding carboxylic acids is 2. The Hall–Kier alpha value is -2.63. The molecule has 0 fully saturated rings. The van der Waals surface area contributed by atoms with E-state index >= 15 is 0 Å². The average Bonchev–Trinajstić information content (AvgIpc) is 3.02. The minimum Gasteiger partial charge on any atom is -0.469 e. The third-order valence-corrected chi connectivity index (χ3v) is 3.05. The highest BCUT2D eigenvalue weighted by atomic mass is 16.5. The standard InChI is InChI=1S/C15H17N3O3/c1-17(10-9-14(19)21-2)15(20)13-8-11-18(16-13)12-6-4-3-5-7-12/h3-8,11H,9-10H2,1-2H3. The summed E-state index contributed by atoms with van der Waals surface area (Å²) in [5.74, 6) is -0.571. The van der Waals surface area contributed by atoms with Crippen LogP contribution in [0.15, 0.2) is 42.6 Å². The van der Waals surface area contributed by atoms with Crippen molar-refractivity contribution in [1.29, 1.82) is 0 Å². The van der Waals surface area contributed by atoms with Crippen molar-refractivity contribution >= 4 is 11.9 Å². The van der Waals surface area contributed by atoms with Gasteiger partial charge in [-0.15, -0.1) is 0 Å². The maximum Gasteiger partial charge on any atom is 0.307 e. The van der Waals surface area contributed by atoms with Gasteiger partial charge in [-0.1, -0.05) is 18.2 Å². The normalized spacial score (nSPS) is 10.2. The van der Waals surface area contributed by atoms with Gasteiger partial charge >= 0.3 is 5.97 Å². The number of nitrogens with zero attached hydrogens (tertiary/aromatic N) is 3. The van der Waals surface area contributed by atoms with E-state index in [1.807, 2.05) is 30.3 Å². The number of amides is 1. The molecule has 0 radical (unpaired) electrons. The lowest BCUT2D eigenvalue weighted by Gasteiger charge is -2.14. The molecule has 1 heterocycles. The van der Waals surface area contributed by atoms with Gasteiger partial charge < -0.3 is 9.64 Å². The molecule has 2 aromatic rings. The van der Waals surface area contributed by atoms with Crippen LogP contribution in [0.1, 0.15) is 16.9 Å². The summed E-state index contributed by atoms with van der Waals surface area (Å²) in [4.78, 5) is 24.7. The van der Waals surface area contributed by atoms with Crippen molar-refractivity contribution in [2.75, 3.05) is 20.7 Å². The van der Waals surface area contributed by atoms with E-state index in [-0.39, 0.29) is 18.3 Å². The predicted octanol–water partition coefficient (Wildman–Crippen LogP) is 1.51. The molecule has 2 rings (SSSR count). The van der Waals surface area contributed by atoms with Gasteiger partial charge in [0.15, 0.2) is 5.69 Å². The molecule has 6 heteroatoms. The Bertz CT molecular complexity index is 622. The fraction of sp³-hybridized carbons (Fsp3) is 0.267. The summed E-state index contributed by atoms with van der Waals surface area (Å²) in [6.45, 7) is 0.295. The van der Waals surface area contributed by atoms with Crippen LogP contribution < -0.4 is 0 Å². The van der Waals surface area contributed by atoms with E-state index in [0.29, 0.717) is 12.2 Å². The van der Waals surface area contributed by atoms with Crippen LogP contribution in [-0.2, 0) is 9.53 Å². The third-order valence-electron chi connectivity index (χ3n) is 3.05. The second-order valence-electron chi connectivity index (χ2n) is 4.53. The Balaban J connectivity index is 2.03. The number of methoxy groups -OCH3 is 1. The molecule has 0 spiro atoms. The van der Waals surface area contributed by atoms with E-state index in [9.17, 15) is 9.59 Å². The molecule has 6 nitrogen and oxygen atoms in total. The average molecular weight is 287 g/mol. The minimum atomic E-state index is -0.343. The Morgan fingerprint density at radius 3 is 2.62 bits per heavy atom. The largest absolute Gasteiger partial charge is 0.469 e. The highest BCUT2D eigenvalue weighted by Crippen LogP contribution is 2.08. The molecule has 1 aromatic carbocycles. The smallest absolute Gasteiger partial charge is 0.307 e. The lowest BCUT2D eigenvalue weighted by Crippen LogP contribution is -2.29. The number of esters is 1. The first kappa shape index (κ1) is 14.8. The Morgan fingerprint density at radius 1 is 1.24 bits per heavy atom. The molecule has 0 bridgehead atoms. The molecule has 1 aromatic heterocycles. The lowest BCUT2D eigenvalue weighted by atomic mass is 10.3. The topological polar surface area (TPSA) is 64.4 Å². The summed E-state index contributed by atoms with van der Waals surface area (Å²) >= 11 is 0. The van der Waals surface area contributed by atoms with Gasteiger partial charge in [-0.25, -0.2) is 4.68 Å². The van der Waals surface area contributed by atoms with Gasteiger partial charge in [0.1, 0.15) is 0 Å². The van der Waals surface area contributed by atoms with Gasteiger partial charge in [0.05, 0.1) is 19.2 Å². The predicted molar refractivity (Wildman–Crippen MR) is 77.2 cm³/mol. The minimum absolute atomic E-state index is 0.165. The molecule has 21 heavy (non-hydrogen) atoms. The first-order chi connectivity index (χ1) is 10.1. The lowest BCUT2D eigenvalue weighted by molar-refractivity contribution is -0.140. The van der Waals surface area contributed by atoms with Gasteiger partial charge in [0.25, 0.3) is 5.91 Å². The van der Waals surface area contributed by atoms with Crippen LogP contribution in [0.4, 0.5) is 0 Å². The van der Waals surface area contributed by atoms with E-state index < -0.39 is 0 Å². The van der Waals surface area contributed by atoms with Crippen LogP contribution in [0.2, 0.25) is 0 Å². The van der Waals surface area contributed by atoms with Crippen LogP contribution in [0.3, 0.4) is 0 Å². The highest BCUT2D eigenvalue weighted by molar-refractivity contribution is 5.92. The molecule has 0 saturated heterocycles. The van der Waals surface area contributed by atoms with Crippen molar-refractivity contribution < 1.29 is 14.3 Å². The monoisotopic (exact) mass is 287 g/mol. The zero-order valence-corrected chi connectivity index (χ0v) is 12.0. The number of para-hydroxylation sites is 1. The molecule has 110 valence electrons. The van der Waals surface area contributed by atoms with Gasteiger partial charge in [-0.2, -0.15) is 5.10 Å². The maximum absolute atomic E-state index is 12.2. The van der Waals surface area contributed by atoms with Crippen LogP contribution in [0, 0.1) is 0 Å². The van der Waals surface area contributed by atoms with E-state index in [1.165, 1.54) is 12.0 Å². The van der Waals surface area contributed by atoms with Crippen molar-refractivity contribution in [3.05, 3.63) is 48.3 Å². The second kappa shape index (κ2) is 6.69. The summed E-state index contributed by atoms with van der Waals surface area (Å²) in [6, 6.07) is 11.2. The van der Waals surface area contributed by atoms with Crippen LogP contribution in [0.25, 0.3) is 5.69 Å². The van der Waals surface area contributed by atoms with E-state index in [2.05, 4.69) is 9.84 Å². The summed E-state index contributed by atoms with van der Waals surface area (Å²) in [7, 11) is 2.96. The molecular formula is C15H17N3O3. The number of benzene rings is 1. The molecule has 0 aliphatic rings. The summed E-state index contributed by atoms with van der Waals surface area (Å²) in [5.41, 5.74) is 1.22. The summed E-state index contributed by atoms with van der Waals surface area (Å²) in [6.07, 6.45) is 1.90. The first-order valence-electron chi connectivity index (χ1n) is 6.55. The number of aromatic nitrogens is 2. The van der Waals surface area contributed by atoms with Crippen molar-refractivity contribution in [1.82, 2.24) is 14.7 Å². The Morgan fingerprint density at radius 2 is 1.95 bits per heavy atom. The van der Waals surface area contributed by atoms with E-state index in [0.717, 1.165) is 5.69 Å². The fourth-order valence-electron chi connectivity index (χ4n) is 1.82. The van der Waals surface area contributed by atoms with Crippen LogP contribution in [-0.4, -0.2) is 47.3 Å². The Kier molecular flexibility index (Phi) is 4.71. The van der Waals surface area contributed by atoms with Crippen LogP contribution in [0.5, 0.6) is 0 Å². The van der Waals surface area contributed by atoms with Gasteiger partial charge in [-0.3, -0.25) is 9.59 Å². The second-order valence-corrected chi connectivity index (χ2v) is 4.53. The number of carbonyl (C=O) groups is 2. The molecule has 0 aliphatic heterocycles. The molecule has 0 atom stereocenters. The van der Waals surface area contributed by atoms with E-state index in [4.69, 9.17) is 0 Å². The summed E-state index contributed by atoms with van der Waals surface area (Å²) in [5, 5.41) is 4.26. The number of hydrogen-bond acceptors (Lipinski definition) is 4. The number of rotatable bonds is 5. The van der Waals surface area contributed by atoms with Gasteiger partial charge in [0, 0.05) is 19.8 Å².